The molecule has 0 heterocycles. The number of hydrogen-bond acceptors (Lipinski definition) is 4. The Balaban J connectivity index is 3.78. The van der Waals surface area contributed by atoms with E-state index in [4.69, 9.17) is 16.3 Å². The molecule has 0 unspecified atom stereocenters. The molecule has 0 aromatic carbocycles. The van der Waals surface area contributed by atoms with E-state index in [1.807, 2.05) is 22.8 Å². The fraction of sp³-hybridized carbons (Fsp3) is 1.00. The second kappa shape index (κ2) is 9.53. The number of hydrogen-bond donors (Lipinski definition) is 0. The van der Waals surface area contributed by atoms with E-state index in [0.29, 0.717) is 0 Å². The normalized spacial score (nSPS) is 11.9. The third-order valence-corrected chi connectivity index (χ3v) is 11.4. The maximum atomic E-state index is 5.86. The Bertz CT molecular complexity index is 165. The minimum atomic E-state index is -1.59. The average molecular weight is 272 g/mol. The van der Waals surface area contributed by atoms with Gasteiger partial charge in [-0.15, -0.1) is 0 Å². The van der Waals surface area contributed by atoms with Gasteiger partial charge >= 0.3 is 0 Å². The monoisotopic (exact) mass is 272 g/mol. The van der Waals surface area contributed by atoms with E-state index < -0.39 is 4.67 Å². The van der Waals surface area contributed by atoms with Crippen molar-refractivity contribution in [1.82, 2.24) is 0 Å². The molecule has 0 aliphatic carbocycles. The predicted molar refractivity (Wildman–Crippen MR) is 76.0 cm³/mol. The Morgan fingerprint density at radius 2 is 1.64 bits per heavy atom. The van der Waals surface area contributed by atoms with Crippen molar-refractivity contribution in [1.29, 1.82) is 0 Å². The summed E-state index contributed by atoms with van der Waals surface area (Å²) in [5.41, 5.74) is 0. The highest BCUT2D eigenvalue weighted by molar-refractivity contribution is 8.99. The Morgan fingerprint density at radius 1 is 1.07 bits per heavy atom. The van der Waals surface area contributed by atoms with Crippen LogP contribution >= 0.6 is 27.4 Å². The summed E-state index contributed by atoms with van der Waals surface area (Å²) in [5, 5.41) is 0. The molecule has 14 heavy (non-hydrogen) atoms. The molecule has 0 saturated carbocycles. The van der Waals surface area contributed by atoms with E-state index in [2.05, 4.69) is 20.8 Å². The van der Waals surface area contributed by atoms with Gasteiger partial charge in [0, 0.05) is 0 Å². The van der Waals surface area contributed by atoms with Crippen LogP contribution < -0.4 is 0 Å². The first kappa shape index (κ1) is 15.3. The highest BCUT2D eigenvalue weighted by atomic mass is 33.2. The van der Waals surface area contributed by atoms with Crippen molar-refractivity contribution in [3.8, 4) is 0 Å². The van der Waals surface area contributed by atoms with Crippen molar-refractivity contribution in [3.63, 3.8) is 0 Å². The lowest BCUT2D eigenvalue weighted by Crippen LogP contribution is -1.89. The lowest BCUT2D eigenvalue weighted by atomic mass is 10.3. The van der Waals surface area contributed by atoms with Crippen LogP contribution in [-0.2, 0) is 16.3 Å². The van der Waals surface area contributed by atoms with Gasteiger partial charge in [0.05, 0.1) is 6.61 Å². The first-order chi connectivity index (χ1) is 6.68. The van der Waals surface area contributed by atoms with Crippen LogP contribution in [0.25, 0.3) is 0 Å². The average Bonchev–Trinajstić information content (AvgIpc) is 2.13. The molecule has 0 fully saturated rings. The molecule has 86 valence electrons. The van der Waals surface area contributed by atoms with Gasteiger partial charge in [-0.3, -0.25) is 0 Å². The largest absolute Gasteiger partial charge is 0.334 e. The molecular weight excluding hydrogens is 251 g/mol. The smallest absolute Gasteiger partial charge is 0.174 e. The molecule has 0 aromatic rings. The van der Waals surface area contributed by atoms with Gasteiger partial charge in [0.2, 0.25) is 0 Å². The maximum Gasteiger partial charge on any atom is 0.174 e. The first-order valence-corrected chi connectivity index (χ1v) is 11.1. The van der Waals surface area contributed by atoms with Gasteiger partial charge in [-0.05, 0) is 29.7 Å². The molecule has 0 aromatic heterocycles. The van der Waals surface area contributed by atoms with Gasteiger partial charge in [0.15, 0.2) is 4.67 Å². The molecule has 0 amide bonds. The molecule has 0 bridgehead atoms. The van der Waals surface area contributed by atoms with E-state index in [0.717, 1.165) is 24.5 Å². The SMILES string of the molecule is CCCCCOP(=S)(SCC)SCC. The third-order valence-electron chi connectivity index (χ3n) is 1.57. The number of unbranched alkanes of at least 4 members (excludes halogenated alkanes) is 2. The zero-order chi connectivity index (χ0) is 10.9. The van der Waals surface area contributed by atoms with Gasteiger partial charge in [-0.2, -0.15) is 0 Å². The maximum absolute atomic E-state index is 5.86. The Labute approximate surface area is 102 Å². The van der Waals surface area contributed by atoms with Gasteiger partial charge < -0.3 is 4.52 Å². The first-order valence-electron chi connectivity index (χ1n) is 5.22. The summed E-state index contributed by atoms with van der Waals surface area (Å²) >= 11 is 9.22. The molecule has 0 aliphatic heterocycles. The summed E-state index contributed by atoms with van der Waals surface area (Å²) in [4.78, 5) is 0. The molecular formula is C9H21OPS3. The van der Waals surface area contributed by atoms with Gasteiger partial charge in [-0.25, -0.2) is 0 Å². The Morgan fingerprint density at radius 3 is 2.07 bits per heavy atom. The topological polar surface area (TPSA) is 9.23 Å². The second-order valence-electron chi connectivity index (χ2n) is 2.82. The summed E-state index contributed by atoms with van der Waals surface area (Å²) in [5.74, 6) is 2.14. The minimum Gasteiger partial charge on any atom is -0.334 e. The van der Waals surface area contributed by atoms with Crippen LogP contribution in [-0.4, -0.2) is 18.1 Å². The van der Waals surface area contributed by atoms with E-state index in [-0.39, 0.29) is 0 Å². The fourth-order valence-electron chi connectivity index (χ4n) is 0.956. The third kappa shape index (κ3) is 7.58. The molecule has 0 spiro atoms. The van der Waals surface area contributed by atoms with Crippen LogP contribution in [0, 0.1) is 0 Å². The van der Waals surface area contributed by atoms with Crippen LogP contribution in [0.1, 0.15) is 40.0 Å². The van der Waals surface area contributed by atoms with Crippen LogP contribution in [0.4, 0.5) is 0 Å². The van der Waals surface area contributed by atoms with Crippen molar-refractivity contribution in [2.75, 3.05) is 18.1 Å². The summed E-state index contributed by atoms with van der Waals surface area (Å²) in [6, 6.07) is 0. The molecule has 0 N–H and O–H groups in total. The van der Waals surface area contributed by atoms with Crippen molar-refractivity contribution in [3.05, 3.63) is 0 Å². The van der Waals surface area contributed by atoms with Crippen LogP contribution in [0.5, 0.6) is 0 Å². The van der Waals surface area contributed by atoms with Crippen LogP contribution in [0.3, 0.4) is 0 Å². The fourth-order valence-corrected chi connectivity index (χ4v) is 9.87. The highest BCUT2D eigenvalue weighted by Crippen LogP contribution is 2.69. The summed E-state index contributed by atoms with van der Waals surface area (Å²) < 4.78 is 4.27. The molecule has 5 heteroatoms. The molecule has 0 radical (unpaired) electrons. The predicted octanol–water partition coefficient (Wildman–Crippen LogP) is 4.92. The number of rotatable bonds is 9. The van der Waals surface area contributed by atoms with Crippen molar-refractivity contribution in [2.24, 2.45) is 0 Å². The summed E-state index contributed by atoms with van der Waals surface area (Å²) in [6.07, 6.45) is 3.65. The molecule has 0 aliphatic rings. The van der Waals surface area contributed by atoms with E-state index in [1.54, 1.807) is 0 Å². The molecule has 0 atom stereocenters. The molecule has 0 rings (SSSR count). The minimum absolute atomic E-state index is 0.852. The zero-order valence-corrected chi connectivity index (χ0v) is 12.7. The van der Waals surface area contributed by atoms with Gasteiger partial charge in [0.1, 0.15) is 0 Å². The lowest BCUT2D eigenvalue weighted by Gasteiger charge is -2.19. The quantitative estimate of drug-likeness (QED) is 0.435. The van der Waals surface area contributed by atoms with E-state index in [9.17, 15) is 0 Å². The Hall–Kier alpha value is 1.31. The summed E-state index contributed by atoms with van der Waals surface area (Å²) in [7, 11) is 0. The van der Waals surface area contributed by atoms with E-state index in [1.165, 1.54) is 12.8 Å². The van der Waals surface area contributed by atoms with Gasteiger partial charge in [0.25, 0.3) is 0 Å². The molecule has 0 saturated heterocycles. The summed E-state index contributed by atoms with van der Waals surface area (Å²) in [6.45, 7) is 7.36. The zero-order valence-electron chi connectivity index (χ0n) is 9.32. The van der Waals surface area contributed by atoms with Crippen LogP contribution in [0.2, 0.25) is 0 Å². The molecule has 1 nitrogen and oxygen atoms in total. The second-order valence-corrected chi connectivity index (χ2v) is 13.9. The van der Waals surface area contributed by atoms with Crippen LogP contribution in [0.15, 0.2) is 0 Å². The lowest BCUT2D eigenvalue weighted by molar-refractivity contribution is 0.350. The van der Waals surface area contributed by atoms with Crippen molar-refractivity contribution >= 4 is 39.2 Å². The van der Waals surface area contributed by atoms with Crippen molar-refractivity contribution in [2.45, 2.75) is 40.0 Å². The Kier molecular flexibility index (Phi) is 10.4. The van der Waals surface area contributed by atoms with Crippen molar-refractivity contribution < 1.29 is 4.52 Å². The highest BCUT2D eigenvalue weighted by Gasteiger charge is 2.16. The van der Waals surface area contributed by atoms with Gasteiger partial charge in [-0.1, -0.05) is 56.4 Å². The van der Waals surface area contributed by atoms with E-state index >= 15 is 0 Å². The standard InChI is InChI=1S/C9H21OPS3/c1-4-7-8-9-10-11(12,13-5-2)14-6-3/h4-9H2,1-3H3.